The van der Waals surface area contributed by atoms with E-state index in [0.717, 1.165) is 20.5 Å². The second kappa shape index (κ2) is 17.3. The number of rotatable bonds is 6. The number of benzene rings is 12. The van der Waals surface area contributed by atoms with Crippen LogP contribution >= 0.6 is 11.3 Å². The average Bonchev–Trinajstić information content (AvgIpc) is 1.53. The maximum atomic E-state index is 13.4. The van der Waals surface area contributed by atoms with Crippen molar-refractivity contribution in [3.8, 4) is 57.1 Å². The number of para-hydroxylation sites is 7. The first-order valence-electron chi connectivity index (χ1n) is 41.4. The molecule has 0 unspecified atom stereocenters. The molecule has 0 bridgehead atoms. The van der Waals surface area contributed by atoms with E-state index in [4.69, 9.17) is 16.4 Å². The molecule has 0 aliphatic carbocycles. The van der Waals surface area contributed by atoms with Crippen LogP contribution < -0.4 is 0 Å². The molecule has 81 heavy (non-hydrogen) atoms. The van der Waals surface area contributed by atoms with Gasteiger partial charge in [0.25, 0.3) is 0 Å². The molecule has 5 aromatic heterocycles. The summed E-state index contributed by atoms with van der Waals surface area (Å²) in [5.41, 5.74) is -12.0. The summed E-state index contributed by atoms with van der Waals surface area (Å²) < 4.78 is 324. The van der Waals surface area contributed by atoms with E-state index in [1.807, 2.05) is 0 Å². The predicted molar refractivity (Wildman–Crippen MR) is 337 cm³/mol. The minimum absolute atomic E-state index is 0.00169. The highest BCUT2D eigenvalue weighted by Crippen LogP contribution is 2.52. The van der Waals surface area contributed by atoms with Crippen LogP contribution in [0.1, 0.15) is 57.7 Å². The third kappa shape index (κ3) is 6.24. The summed E-state index contributed by atoms with van der Waals surface area (Å²) in [6, 6.07) is -16.0. The Labute approximate surface area is 515 Å². The molecule has 6 nitrogen and oxygen atoms in total. The van der Waals surface area contributed by atoms with E-state index in [2.05, 4.69) is 12.1 Å². The lowest BCUT2D eigenvalue weighted by Gasteiger charge is -2.27. The Bertz CT molecular complexity index is 7450. The van der Waals surface area contributed by atoms with Gasteiger partial charge < -0.3 is 18.3 Å². The molecule has 7 heteroatoms. The van der Waals surface area contributed by atoms with Gasteiger partial charge in [-0.3, -0.25) is 0 Å². The Kier molecular flexibility index (Phi) is 4.94. The average molecular weight is 1080 g/mol. The van der Waals surface area contributed by atoms with Gasteiger partial charge in [0.1, 0.15) is 23.3 Å². The molecule has 5 heterocycles. The van der Waals surface area contributed by atoms with E-state index in [1.54, 1.807) is 0 Å². The molecule has 0 aliphatic heterocycles. The van der Waals surface area contributed by atoms with Crippen molar-refractivity contribution in [2.24, 2.45) is 0 Å². The fraction of sp³-hybridized carbons (Fsp3) is 0. The van der Waals surface area contributed by atoms with Gasteiger partial charge in [0.2, 0.25) is 0 Å². The summed E-state index contributed by atoms with van der Waals surface area (Å²) >= 11 is 0.901. The molecule has 17 aromatic rings. The summed E-state index contributed by atoms with van der Waals surface area (Å²) in [4.78, 5) is 0. The molecule has 0 saturated heterocycles. The van der Waals surface area contributed by atoms with Gasteiger partial charge in [0.05, 0.1) is 118 Å². The zero-order chi connectivity index (χ0) is 83.0. The molecule has 0 N–H and O–H groups in total. The second-order valence-corrected chi connectivity index (χ2v) is 19.5. The van der Waals surface area contributed by atoms with Crippen molar-refractivity contribution in [1.82, 2.24) is 18.3 Å². The van der Waals surface area contributed by atoms with Gasteiger partial charge in [0, 0.05) is 58.6 Å². The first-order valence-corrected chi connectivity index (χ1v) is 25.2. The lowest BCUT2D eigenvalue weighted by molar-refractivity contribution is 1.03. The van der Waals surface area contributed by atoms with Crippen molar-refractivity contribution in [2.45, 2.75) is 0 Å². The topological polar surface area (TPSA) is 67.3 Å². The summed E-state index contributed by atoms with van der Waals surface area (Å²) in [5.74, 6) is 0. The Balaban J connectivity index is 1.28. The SMILES string of the molecule is [2H]c1c([2H])c([2H])c(-c2ccc3sc4c(c(-c5c([2H])c([2H])c([2H])c([2H])c5[2H])cc5c6ccccc6n(-c6c(C#N)c(-n7c8c([2H])c([2H])c([2H])c([2H])c8c8c([2H])c([2H])c([2H])c([2H])c87)c(-n7c8c([2H])c([2H])c([2H])c([2H])c8c8c([2H])c([2H])c([2H])c([2H])c87)c(C#N)c6-n6c7c([2H])c([2H])c([2H])c([2H])c7c7c([2H])c([2H])c([2H])c([2H])c76)c54)c3c2)c([2H])c1[2H]. The first-order chi connectivity index (χ1) is 54.3. The van der Waals surface area contributed by atoms with Gasteiger partial charge in [-0.1, -0.05) is 193 Å². The molecule has 374 valence electrons. The van der Waals surface area contributed by atoms with Crippen LogP contribution in [0.5, 0.6) is 0 Å². The summed E-state index contributed by atoms with van der Waals surface area (Å²) in [6.07, 6.45) is 0. The molecule has 0 spiro atoms. The number of nitrogens with zero attached hydrogens (tertiary/aromatic N) is 6. The minimum Gasteiger partial charge on any atom is -0.306 e. The van der Waals surface area contributed by atoms with Crippen molar-refractivity contribution in [1.29, 1.82) is 10.5 Å². The third-order valence-corrected chi connectivity index (χ3v) is 15.7. The van der Waals surface area contributed by atoms with Crippen molar-refractivity contribution < 1.29 is 46.6 Å². The number of hydrogen-bond donors (Lipinski definition) is 0. The van der Waals surface area contributed by atoms with Gasteiger partial charge in [0.15, 0.2) is 0 Å². The molecule has 12 aromatic carbocycles. The smallest absolute Gasteiger partial charge is 0.104 e. The number of nitriles is 2. The van der Waals surface area contributed by atoms with E-state index >= 15 is 0 Å². The van der Waals surface area contributed by atoms with Crippen LogP contribution in [0.15, 0.2) is 254 Å². The van der Waals surface area contributed by atoms with Crippen molar-refractivity contribution in [2.75, 3.05) is 0 Å². The largest absolute Gasteiger partial charge is 0.306 e. The fourth-order valence-corrected chi connectivity index (χ4v) is 12.7. The predicted octanol–water partition coefficient (Wildman–Crippen LogP) is 19.5. The number of fused-ring (bicyclic) bond motifs is 16. The Morgan fingerprint density at radius 1 is 0.333 bits per heavy atom. The van der Waals surface area contributed by atoms with Crippen LogP contribution in [0.2, 0.25) is 0 Å². The Morgan fingerprint density at radius 2 is 0.728 bits per heavy atom. The van der Waals surface area contributed by atoms with E-state index in [-0.39, 0.29) is 58.7 Å². The molecule has 17 rings (SSSR count). The van der Waals surface area contributed by atoms with Crippen LogP contribution in [0.4, 0.5) is 0 Å². The minimum atomic E-state index is -1.10. The summed E-state index contributed by atoms with van der Waals surface area (Å²) in [7, 11) is 0. The van der Waals surface area contributed by atoms with Crippen LogP contribution in [-0.2, 0) is 0 Å². The maximum absolute atomic E-state index is 13.4. The Hall–Kier alpha value is -11.0. The van der Waals surface area contributed by atoms with Crippen LogP contribution in [-0.4, -0.2) is 18.3 Å². The summed E-state index contributed by atoms with van der Waals surface area (Å²) in [6.45, 7) is 0. The van der Waals surface area contributed by atoms with Crippen molar-refractivity contribution >= 4 is 119 Å². The molecule has 0 amide bonds. The Morgan fingerprint density at radius 3 is 1.17 bits per heavy atom. The van der Waals surface area contributed by atoms with Crippen LogP contribution in [0, 0.1) is 22.7 Å². The van der Waals surface area contributed by atoms with Gasteiger partial charge in [-0.2, -0.15) is 10.5 Å². The summed E-state index contributed by atoms with van der Waals surface area (Å²) in [5, 5.41) is 22.6. The normalized spacial score (nSPS) is 17.8. The first kappa shape index (κ1) is 23.2. The van der Waals surface area contributed by atoms with Gasteiger partial charge in [-0.15, -0.1) is 11.3 Å². The highest BCUT2D eigenvalue weighted by atomic mass is 32.1. The zero-order valence-corrected chi connectivity index (χ0v) is 41.5. The van der Waals surface area contributed by atoms with E-state index < -0.39 is 310 Å². The third-order valence-electron chi connectivity index (χ3n) is 14.5. The molecule has 0 radical (unpaired) electrons. The van der Waals surface area contributed by atoms with Crippen molar-refractivity contribution in [3.63, 3.8) is 0 Å². The monoisotopic (exact) mass is 1080 g/mol. The van der Waals surface area contributed by atoms with Gasteiger partial charge >= 0.3 is 0 Å². The second-order valence-electron chi connectivity index (χ2n) is 18.4. The lowest BCUT2D eigenvalue weighted by atomic mass is 9.95. The molecular weight excluding hydrogens is 1000 g/mol. The highest BCUT2D eigenvalue weighted by Gasteiger charge is 2.35. The number of hydrogen-bond acceptors (Lipinski definition) is 3. The van der Waals surface area contributed by atoms with Gasteiger partial charge in [-0.25, -0.2) is 0 Å². The number of aromatic nitrogens is 4. The van der Waals surface area contributed by atoms with Crippen LogP contribution in [0.25, 0.3) is 152 Å². The van der Waals surface area contributed by atoms with E-state index in [0.29, 0.717) is 4.57 Å². The maximum Gasteiger partial charge on any atom is 0.104 e. The highest BCUT2D eigenvalue weighted by molar-refractivity contribution is 7.26. The fourth-order valence-electron chi connectivity index (χ4n) is 11.5. The molecular formula is C74H42N6S. The number of thiophene rings is 1. The molecule has 0 aliphatic rings. The molecule has 0 atom stereocenters. The quantitative estimate of drug-likeness (QED) is 0.166. The van der Waals surface area contributed by atoms with E-state index in [1.165, 1.54) is 53.1 Å². The van der Waals surface area contributed by atoms with E-state index in [9.17, 15) is 40.7 Å². The molecule has 0 saturated carbocycles. The lowest BCUT2D eigenvalue weighted by Crippen LogP contribution is -2.16. The zero-order valence-electron chi connectivity index (χ0n) is 74.7. The molecule has 0 fully saturated rings. The van der Waals surface area contributed by atoms with Gasteiger partial charge in [-0.05, 0) is 82.8 Å². The van der Waals surface area contributed by atoms with Crippen LogP contribution in [0.3, 0.4) is 0 Å². The standard InChI is InChI=1S/C74H42N6S/c75-43-58-69(77-60-32-14-7-25-48(60)49-26-8-15-33-61(49)77)70(78-62-34-16-9-27-50(62)51-28-10-17-35-63(51)78)59(44-76)72(71(58)79-64-36-18-11-29-52(64)53-30-12-19-37-65(53)79)80-66-38-20-13-31-54(66)56-42-55(46-23-5-2-6-24-46)68-57-41-47(45-21-3-1-4-22-45)39-40-67(57)81-74(68)73(56)80/h1-42H/i1D,2D,3D,4D,5D,6D,7D,8D,9D,10D,11D,12D,14D,15D,16D,17D,18D,19D,21D,22D,23D,24D,25D,26D,27D,28D,29D,30D,32D,33D,34D,35D,36D,37D. The van der Waals surface area contributed by atoms with Crippen molar-refractivity contribution in [3.05, 3.63) is 265 Å².